The van der Waals surface area contributed by atoms with Gasteiger partial charge in [-0.25, -0.2) is 0 Å². The first-order chi connectivity index (χ1) is 2.00. The van der Waals surface area contributed by atoms with E-state index in [2.05, 4.69) is 48.6 Å². The maximum atomic E-state index is 3.33. The zero-order valence-electron chi connectivity index (χ0n) is 1.92. The van der Waals surface area contributed by atoms with E-state index in [1.807, 2.05) is 0 Å². The Bertz CT molecular complexity index is 19.1. The fourth-order valence-corrected chi connectivity index (χ4v) is 0. The summed E-state index contributed by atoms with van der Waals surface area (Å²) in [5, 5.41) is 0. The van der Waals surface area contributed by atoms with Gasteiger partial charge in [0.15, 0.2) is 0 Å². The van der Waals surface area contributed by atoms with Crippen molar-refractivity contribution in [2.45, 2.75) is 0 Å². The predicted molar refractivity (Wildman–Crippen MR) is 41.5 cm³/mol. The standard InChI is InChI=1S/4BrH.Po/h4*1H;/q;;;;+4/p-4. The molecule has 0 amide bonds. The predicted octanol–water partition coefficient (Wildman–Crippen LogP) is 3.00. The number of hydrogen-bond acceptors (Lipinski definition) is 0. The van der Waals surface area contributed by atoms with Gasteiger partial charge in [-0.1, -0.05) is 0 Å². The Morgan fingerprint density at radius 2 is 0.800 bits per heavy atom. The molecule has 0 aliphatic carbocycles. The van der Waals surface area contributed by atoms with Crippen molar-refractivity contribution in [3.05, 3.63) is 0 Å². The Hall–Kier alpha value is 2.82. The third kappa shape index (κ3) is 19.9. The van der Waals surface area contributed by atoms with Crippen LogP contribution in [0.5, 0.6) is 0 Å². The van der Waals surface area contributed by atoms with Crippen LogP contribution in [0.25, 0.3) is 0 Å². The van der Waals surface area contributed by atoms with Gasteiger partial charge in [0, 0.05) is 0 Å². The molecule has 0 unspecified atom stereocenters. The molecule has 0 aromatic rings. The van der Waals surface area contributed by atoms with E-state index in [-0.39, 0.29) is 0 Å². The first-order valence-electron chi connectivity index (χ1n) is 0.617. The van der Waals surface area contributed by atoms with Crippen molar-refractivity contribution in [3.8, 4) is 0 Å². The molecule has 5 heteroatoms. The van der Waals surface area contributed by atoms with E-state index in [0.717, 1.165) is 0 Å². The summed E-state index contributed by atoms with van der Waals surface area (Å²) in [7, 11) is 0. The molecule has 5 heavy (non-hydrogen) atoms. The van der Waals surface area contributed by atoms with Crippen LogP contribution in [-0.2, 0) is 0 Å². The average Bonchev–Trinajstić information content (AvgIpc) is 0.722. The Morgan fingerprint density at radius 1 is 0.800 bits per heavy atom. The molecule has 0 atom stereocenters. The van der Waals surface area contributed by atoms with Gasteiger partial charge in [-0.3, -0.25) is 0 Å². The summed E-state index contributed by atoms with van der Waals surface area (Å²) < 4.78 is 0. The van der Waals surface area contributed by atoms with Crippen LogP contribution in [0.1, 0.15) is 0 Å². The molecular weight excluding hydrogens is 529 g/mol. The van der Waals surface area contributed by atoms with Gasteiger partial charge in [0.2, 0.25) is 0 Å². The molecule has 0 saturated heterocycles. The summed E-state index contributed by atoms with van der Waals surface area (Å²) >= 11 is 11.4. The van der Waals surface area contributed by atoms with Crippen molar-refractivity contribution in [2.24, 2.45) is 0 Å². The first kappa shape index (κ1) is 7.82. The normalized spacial score (nSPS) is 15.2. The van der Waals surface area contributed by atoms with Crippen LogP contribution in [0, 0.1) is 0 Å². The molecule has 0 radical (unpaired) electrons. The minimum absolute atomic E-state index is 1.92. The number of hydrogen-bond donors (Lipinski definition) is 0. The Balaban J connectivity index is 3.02. The van der Waals surface area contributed by atoms with Crippen LogP contribution in [0.2, 0.25) is 0 Å². The Labute approximate surface area is 58.2 Å². The van der Waals surface area contributed by atoms with Crippen LogP contribution in [0.15, 0.2) is 0 Å². The van der Waals surface area contributed by atoms with E-state index < -0.39 is 11.1 Å². The second kappa shape index (κ2) is 2.97. The topological polar surface area (TPSA) is 0 Å². The van der Waals surface area contributed by atoms with Crippen LogP contribution in [-0.4, -0.2) is 11.1 Å². The second-order valence-corrected chi connectivity index (χ2v) is 82.9. The molecule has 0 aliphatic rings. The van der Waals surface area contributed by atoms with Crippen LogP contribution >= 0.6 is 48.6 Å². The molecule has 0 aromatic heterocycles. The number of rotatable bonds is 0. The fourth-order valence-electron chi connectivity index (χ4n) is 0. The van der Waals surface area contributed by atoms with Crippen LogP contribution in [0.4, 0.5) is 0 Å². The minimum atomic E-state index is -1.92. The molecule has 0 bridgehead atoms. The molecule has 34 valence electrons. The van der Waals surface area contributed by atoms with Crippen molar-refractivity contribution in [3.63, 3.8) is 0 Å². The maximum absolute atomic E-state index is 3.33. The van der Waals surface area contributed by atoms with Gasteiger partial charge in [0.05, 0.1) is 0 Å². The van der Waals surface area contributed by atoms with E-state index in [0.29, 0.717) is 0 Å². The van der Waals surface area contributed by atoms with Crippen molar-refractivity contribution >= 4 is 59.7 Å². The molecule has 0 aromatic carbocycles. The molecule has 0 fully saturated rings. The van der Waals surface area contributed by atoms with Gasteiger partial charge >= 0.3 is 59.7 Å². The SMILES string of the molecule is [Br][Po]([Br])([Br])[Br]. The van der Waals surface area contributed by atoms with Crippen LogP contribution < -0.4 is 0 Å². The second-order valence-electron chi connectivity index (χ2n) is 0.350. The molecule has 0 saturated carbocycles. The molecule has 0 heterocycles. The van der Waals surface area contributed by atoms with Gasteiger partial charge < -0.3 is 0 Å². The Morgan fingerprint density at radius 3 is 0.800 bits per heavy atom. The summed E-state index contributed by atoms with van der Waals surface area (Å²) in [6.45, 7) is 0. The van der Waals surface area contributed by atoms with Gasteiger partial charge in [-0.05, 0) is 0 Å². The van der Waals surface area contributed by atoms with E-state index in [1.165, 1.54) is 0 Å². The molecular formula is Br4Po. The van der Waals surface area contributed by atoms with Crippen molar-refractivity contribution in [1.29, 1.82) is 0 Å². The van der Waals surface area contributed by atoms with E-state index in [9.17, 15) is 0 Å². The van der Waals surface area contributed by atoms with Crippen molar-refractivity contribution < 1.29 is 0 Å². The average molecular weight is 529 g/mol. The van der Waals surface area contributed by atoms with Crippen LogP contribution in [0.3, 0.4) is 0 Å². The summed E-state index contributed by atoms with van der Waals surface area (Å²) in [5.41, 5.74) is 0. The van der Waals surface area contributed by atoms with Gasteiger partial charge in [0.1, 0.15) is 0 Å². The van der Waals surface area contributed by atoms with E-state index >= 15 is 0 Å². The van der Waals surface area contributed by atoms with Gasteiger partial charge in [-0.2, -0.15) is 0 Å². The summed E-state index contributed by atoms with van der Waals surface area (Å²) in [6, 6.07) is 0. The zero-order valence-corrected chi connectivity index (χ0v) is 11.4. The molecule has 0 nitrogen and oxygen atoms in total. The fraction of sp³-hybridized carbons (Fsp3) is 0. The van der Waals surface area contributed by atoms with Gasteiger partial charge in [-0.15, -0.1) is 0 Å². The van der Waals surface area contributed by atoms with E-state index in [1.54, 1.807) is 0 Å². The molecule has 0 N–H and O–H groups in total. The Kier molecular flexibility index (Phi) is 4.64. The summed E-state index contributed by atoms with van der Waals surface area (Å²) in [4.78, 5) is 0. The molecule has 0 aliphatic heterocycles. The third-order valence-corrected chi connectivity index (χ3v) is 0. The third-order valence-electron chi connectivity index (χ3n) is 0. The van der Waals surface area contributed by atoms with Crippen molar-refractivity contribution in [2.75, 3.05) is 0 Å². The summed E-state index contributed by atoms with van der Waals surface area (Å²) in [6.07, 6.45) is 0. The van der Waals surface area contributed by atoms with Crippen molar-refractivity contribution in [1.82, 2.24) is 0 Å². The number of halogens is 4. The quantitative estimate of drug-likeness (QED) is 0.454. The molecule has 0 spiro atoms. The zero-order chi connectivity index (χ0) is 4.50. The van der Waals surface area contributed by atoms with E-state index in [4.69, 9.17) is 0 Å². The first-order valence-corrected chi connectivity index (χ1v) is 28.1. The molecule has 0 rings (SSSR count). The van der Waals surface area contributed by atoms with Gasteiger partial charge in [0.25, 0.3) is 0 Å². The monoisotopic (exact) mass is 525 g/mol. The summed E-state index contributed by atoms with van der Waals surface area (Å²) in [5.74, 6) is 0.